The lowest BCUT2D eigenvalue weighted by atomic mass is 9.94. The Kier molecular flexibility index (Phi) is 5.03. The van der Waals surface area contributed by atoms with Crippen molar-refractivity contribution in [3.05, 3.63) is 47.6 Å². The van der Waals surface area contributed by atoms with E-state index in [0.29, 0.717) is 37.8 Å². The smallest absolute Gasteiger partial charge is 0.318 e. The SMILES string of the molecule is CC[C@H](NC(=O)N1CCO[C@](C)(c2ccccc2)C1)c1noc(C)n1. The van der Waals surface area contributed by atoms with Crippen molar-refractivity contribution in [1.29, 1.82) is 0 Å². The second-order valence-corrected chi connectivity index (χ2v) is 6.45. The van der Waals surface area contributed by atoms with Crippen molar-refractivity contribution in [2.45, 2.75) is 38.8 Å². The molecule has 25 heavy (non-hydrogen) atoms. The van der Waals surface area contributed by atoms with Gasteiger partial charge in [0.05, 0.1) is 19.2 Å². The average molecular weight is 344 g/mol. The average Bonchev–Trinajstić information content (AvgIpc) is 3.06. The van der Waals surface area contributed by atoms with Crippen LogP contribution >= 0.6 is 0 Å². The highest BCUT2D eigenvalue weighted by atomic mass is 16.5. The molecule has 7 heteroatoms. The second-order valence-electron chi connectivity index (χ2n) is 6.45. The highest BCUT2D eigenvalue weighted by Gasteiger charge is 2.36. The summed E-state index contributed by atoms with van der Waals surface area (Å²) in [5.74, 6) is 0.998. The third-order valence-corrected chi connectivity index (χ3v) is 4.51. The van der Waals surface area contributed by atoms with Gasteiger partial charge in [0.25, 0.3) is 0 Å². The normalized spacial score (nSPS) is 21.8. The third kappa shape index (κ3) is 3.82. The largest absolute Gasteiger partial charge is 0.367 e. The van der Waals surface area contributed by atoms with Crippen LogP contribution in [0.25, 0.3) is 0 Å². The van der Waals surface area contributed by atoms with Crippen LogP contribution in [0.3, 0.4) is 0 Å². The third-order valence-electron chi connectivity index (χ3n) is 4.51. The molecular formula is C18H24N4O3. The molecule has 0 aliphatic carbocycles. The molecule has 3 rings (SSSR count). The summed E-state index contributed by atoms with van der Waals surface area (Å²) in [5, 5.41) is 6.92. The van der Waals surface area contributed by atoms with E-state index in [1.807, 2.05) is 44.2 Å². The van der Waals surface area contributed by atoms with Gasteiger partial charge in [0.15, 0.2) is 5.82 Å². The number of aromatic nitrogens is 2. The Morgan fingerprint density at radius 3 is 2.80 bits per heavy atom. The van der Waals surface area contributed by atoms with E-state index in [2.05, 4.69) is 15.5 Å². The molecule has 1 N–H and O–H groups in total. The van der Waals surface area contributed by atoms with E-state index in [1.165, 1.54) is 0 Å². The molecule has 0 saturated carbocycles. The quantitative estimate of drug-likeness (QED) is 0.922. The first kappa shape index (κ1) is 17.4. The van der Waals surface area contributed by atoms with Crippen LogP contribution in [0.1, 0.15) is 43.6 Å². The van der Waals surface area contributed by atoms with Gasteiger partial charge in [0.2, 0.25) is 5.89 Å². The zero-order valence-corrected chi connectivity index (χ0v) is 14.9. The van der Waals surface area contributed by atoms with Gasteiger partial charge in [-0.15, -0.1) is 0 Å². The fraction of sp³-hybridized carbons (Fsp3) is 0.500. The fourth-order valence-electron chi connectivity index (χ4n) is 3.05. The van der Waals surface area contributed by atoms with Gasteiger partial charge in [0, 0.05) is 13.5 Å². The number of rotatable bonds is 4. The fourth-order valence-corrected chi connectivity index (χ4v) is 3.05. The van der Waals surface area contributed by atoms with Crippen molar-refractivity contribution in [2.75, 3.05) is 19.7 Å². The number of hydrogen-bond donors (Lipinski definition) is 1. The van der Waals surface area contributed by atoms with Gasteiger partial charge in [-0.2, -0.15) is 4.98 Å². The van der Waals surface area contributed by atoms with Crippen LogP contribution in [-0.4, -0.2) is 40.8 Å². The highest BCUT2D eigenvalue weighted by molar-refractivity contribution is 5.74. The van der Waals surface area contributed by atoms with Crippen molar-refractivity contribution in [2.24, 2.45) is 0 Å². The molecule has 1 saturated heterocycles. The first-order valence-electron chi connectivity index (χ1n) is 8.57. The van der Waals surface area contributed by atoms with Crippen molar-refractivity contribution >= 4 is 6.03 Å². The van der Waals surface area contributed by atoms with Gasteiger partial charge in [-0.25, -0.2) is 4.79 Å². The molecule has 0 bridgehead atoms. The summed E-state index contributed by atoms with van der Waals surface area (Å²) in [4.78, 5) is 18.7. The molecule has 1 aromatic carbocycles. The lowest BCUT2D eigenvalue weighted by Gasteiger charge is -2.41. The van der Waals surface area contributed by atoms with Crippen molar-refractivity contribution in [3.8, 4) is 0 Å². The van der Waals surface area contributed by atoms with Crippen molar-refractivity contribution in [1.82, 2.24) is 20.4 Å². The molecule has 2 atom stereocenters. The van der Waals surface area contributed by atoms with Gasteiger partial charge in [0.1, 0.15) is 5.60 Å². The second kappa shape index (κ2) is 7.23. The standard InChI is InChI=1S/C18H24N4O3/c1-4-15(16-19-13(2)25-21-16)20-17(23)22-10-11-24-18(3,12-22)14-8-6-5-7-9-14/h5-9,15H,4,10-12H2,1-3H3,(H,20,23)/t15-,18-/m0/s1. The van der Waals surface area contributed by atoms with E-state index in [-0.39, 0.29) is 12.1 Å². The van der Waals surface area contributed by atoms with Crippen LogP contribution in [-0.2, 0) is 10.3 Å². The van der Waals surface area contributed by atoms with Crippen LogP contribution in [0, 0.1) is 6.92 Å². The Morgan fingerprint density at radius 1 is 1.40 bits per heavy atom. The van der Waals surface area contributed by atoms with E-state index in [4.69, 9.17) is 9.26 Å². The number of morpholine rings is 1. The molecule has 2 aromatic rings. The van der Waals surface area contributed by atoms with Gasteiger partial charge < -0.3 is 19.5 Å². The lowest BCUT2D eigenvalue weighted by molar-refractivity contribution is -0.0908. The summed E-state index contributed by atoms with van der Waals surface area (Å²) >= 11 is 0. The van der Waals surface area contributed by atoms with E-state index < -0.39 is 5.60 Å². The predicted molar refractivity (Wildman–Crippen MR) is 91.9 cm³/mol. The number of nitrogens with one attached hydrogen (secondary N) is 1. The van der Waals surface area contributed by atoms with Crippen LogP contribution in [0.5, 0.6) is 0 Å². The van der Waals surface area contributed by atoms with Crippen LogP contribution < -0.4 is 5.32 Å². The lowest BCUT2D eigenvalue weighted by Crippen LogP contribution is -2.53. The number of benzene rings is 1. The number of aryl methyl sites for hydroxylation is 1. The Hall–Kier alpha value is -2.41. The van der Waals surface area contributed by atoms with Crippen molar-refractivity contribution in [3.63, 3.8) is 0 Å². The summed E-state index contributed by atoms with van der Waals surface area (Å²) in [5.41, 5.74) is 0.551. The number of hydrogen-bond acceptors (Lipinski definition) is 5. The molecule has 7 nitrogen and oxygen atoms in total. The molecule has 2 heterocycles. The molecule has 0 radical (unpaired) electrons. The van der Waals surface area contributed by atoms with E-state index in [1.54, 1.807) is 11.8 Å². The van der Waals surface area contributed by atoms with Gasteiger partial charge in [-0.3, -0.25) is 0 Å². The molecule has 0 unspecified atom stereocenters. The number of amides is 2. The number of carbonyl (C=O) groups excluding carboxylic acids is 1. The van der Waals surface area contributed by atoms with E-state index >= 15 is 0 Å². The summed E-state index contributed by atoms with van der Waals surface area (Å²) in [6, 6.07) is 9.58. The number of ether oxygens (including phenoxy) is 1. The van der Waals surface area contributed by atoms with Crippen LogP contribution in [0.4, 0.5) is 4.79 Å². The number of carbonyl (C=O) groups is 1. The topological polar surface area (TPSA) is 80.5 Å². The first-order valence-corrected chi connectivity index (χ1v) is 8.57. The first-order chi connectivity index (χ1) is 12.0. The maximum atomic E-state index is 12.7. The summed E-state index contributed by atoms with van der Waals surface area (Å²) in [6.07, 6.45) is 0.686. The zero-order valence-electron chi connectivity index (χ0n) is 14.9. The minimum absolute atomic E-state index is 0.139. The Bertz CT molecular complexity index is 718. The maximum Gasteiger partial charge on any atom is 0.318 e. The number of urea groups is 1. The minimum Gasteiger partial charge on any atom is -0.367 e. The Morgan fingerprint density at radius 2 is 2.16 bits per heavy atom. The Balaban J connectivity index is 1.69. The summed E-state index contributed by atoms with van der Waals surface area (Å²) in [7, 11) is 0. The molecule has 1 aliphatic rings. The zero-order chi connectivity index (χ0) is 17.9. The molecule has 2 amide bonds. The number of nitrogens with zero attached hydrogens (tertiary/aromatic N) is 3. The van der Waals surface area contributed by atoms with Crippen LogP contribution in [0.15, 0.2) is 34.9 Å². The Labute approximate surface area is 147 Å². The molecule has 134 valence electrons. The predicted octanol–water partition coefficient (Wildman–Crippen LogP) is 2.79. The molecule has 1 fully saturated rings. The summed E-state index contributed by atoms with van der Waals surface area (Å²) < 4.78 is 11.0. The summed E-state index contributed by atoms with van der Waals surface area (Å²) in [6.45, 7) is 7.27. The van der Waals surface area contributed by atoms with Crippen LogP contribution in [0.2, 0.25) is 0 Å². The molecule has 1 aliphatic heterocycles. The molecule has 0 spiro atoms. The van der Waals surface area contributed by atoms with Crippen molar-refractivity contribution < 1.29 is 14.1 Å². The van der Waals surface area contributed by atoms with Gasteiger partial charge >= 0.3 is 6.03 Å². The molecule has 1 aromatic heterocycles. The minimum atomic E-state index is -0.513. The maximum absolute atomic E-state index is 12.7. The van der Waals surface area contributed by atoms with Gasteiger partial charge in [-0.05, 0) is 18.9 Å². The van der Waals surface area contributed by atoms with E-state index in [0.717, 1.165) is 5.56 Å². The monoisotopic (exact) mass is 344 g/mol. The van der Waals surface area contributed by atoms with E-state index in [9.17, 15) is 4.79 Å². The van der Waals surface area contributed by atoms with Gasteiger partial charge in [-0.1, -0.05) is 42.4 Å². The highest BCUT2D eigenvalue weighted by Crippen LogP contribution is 2.29. The molecular weight excluding hydrogens is 320 g/mol.